The van der Waals surface area contributed by atoms with E-state index >= 15 is 0 Å². The number of aryl methyl sites for hydroxylation is 2. The van der Waals surface area contributed by atoms with Crippen molar-refractivity contribution >= 4 is 15.9 Å². The Kier molecular flexibility index (Phi) is 2.43. The maximum atomic E-state index is 4.47. The van der Waals surface area contributed by atoms with Crippen molar-refractivity contribution in [1.29, 1.82) is 0 Å². The molecular formula is C9H14BrN3. The van der Waals surface area contributed by atoms with Gasteiger partial charge in [-0.15, -0.1) is 0 Å². The molecule has 1 unspecified atom stereocenters. The molecule has 0 fully saturated rings. The van der Waals surface area contributed by atoms with Crippen LogP contribution in [-0.4, -0.2) is 23.4 Å². The van der Waals surface area contributed by atoms with Gasteiger partial charge in [0.15, 0.2) is 0 Å². The van der Waals surface area contributed by atoms with Crippen LogP contribution in [0.25, 0.3) is 0 Å². The van der Waals surface area contributed by atoms with Gasteiger partial charge >= 0.3 is 0 Å². The monoisotopic (exact) mass is 243 g/mol. The molecule has 2 rings (SSSR count). The van der Waals surface area contributed by atoms with E-state index < -0.39 is 0 Å². The summed E-state index contributed by atoms with van der Waals surface area (Å²) in [6.45, 7) is 1.05. The highest BCUT2D eigenvalue weighted by atomic mass is 79.9. The van der Waals surface area contributed by atoms with Crippen LogP contribution in [0, 0.1) is 0 Å². The fourth-order valence-electron chi connectivity index (χ4n) is 2.07. The van der Waals surface area contributed by atoms with E-state index in [0.29, 0.717) is 5.92 Å². The van der Waals surface area contributed by atoms with Crippen molar-refractivity contribution in [2.24, 2.45) is 7.05 Å². The molecule has 0 bridgehead atoms. The molecule has 0 aromatic carbocycles. The summed E-state index contributed by atoms with van der Waals surface area (Å²) in [7, 11) is 3.99. The standard InChI is InChI=1S/C9H14BrN3/c1-11-5-6-3-4-7-8(6)9(10)13(2)12-7/h6,11H,3-5H2,1-2H3. The molecule has 0 amide bonds. The van der Waals surface area contributed by atoms with Crippen LogP contribution in [0.4, 0.5) is 0 Å². The van der Waals surface area contributed by atoms with Gasteiger partial charge in [0.25, 0.3) is 0 Å². The molecule has 0 radical (unpaired) electrons. The summed E-state index contributed by atoms with van der Waals surface area (Å²) >= 11 is 3.58. The quantitative estimate of drug-likeness (QED) is 0.852. The number of rotatable bonds is 2. The summed E-state index contributed by atoms with van der Waals surface area (Å²) in [6, 6.07) is 0. The molecule has 4 heteroatoms. The third-order valence-electron chi connectivity index (χ3n) is 2.68. The van der Waals surface area contributed by atoms with Crippen LogP contribution in [-0.2, 0) is 13.5 Å². The van der Waals surface area contributed by atoms with Crippen LogP contribution in [0.1, 0.15) is 23.6 Å². The van der Waals surface area contributed by atoms with E-state index in [1.54, 1.807) is 0 Å². The van der Waals surface area contributed by atoms with Gasteiger partial charge in [-0.25, -0.2) is 0 Å². The van der Waals surface area contributed by atoms with E-state index in [2.05, 4.69) is 26.3 Å². The fourth-order valence-corrected chi connectivity index (χ4v) is 2.70. The Balaban J connectivity index is 2.34. The summed E-state index contributed by atoms with van der Waals surface area (Å²) in [5, 5.41) is 7.69. The number of hydrogen-bond donors (Lipinski definition) is 1. The zero-order valence-electron chi connectivity index (χ0n) is 7.97. The Morgan fingerprint density at radius 2 is 2.46 bits per heavy atom. The molecule has 1 heterocycles. The minimum Gasteiger partial charge on any atom is -0.319 e. The van der Waals surface area contributed by atoms with Gasteiger partial charge in [0.05, 0.1) is 5.69 Å². The van der Waals surface area contributed by atoms with E-state index in [1.165, 1.54) is 17.7 Å². The highest BCUT2D eigenvalue weighted by molar-refractivity contribution is 9.10. The Morgan fingerprint density at radius 3 is 3.15 bits per heavy atom. The summed E-state index contributed by atoms with van der Waals surface area (Å²) in [6.07, 6.45) is 2.36. The number of likely N-dealkylation sites (N-methyl/N-ethyl adjacent to an activating group) is 1. The topological polar surface area (TPSA) is 29.9 Å². The normalized spacial score (nSPS) is 20.7. The van der Waals surface area contributed by atoms with E-state index in [9.17, 15) is 0 Å². The van der Waals surface area contributed by atoms with E-state index in [-0.39, 0.29) is 0 Å². The molecule has 1 atom stereocenters. The third kappa shape index (κ3) is 1.42. The van der Waals surface area contributed by atoms with E-state index in [1.807, 2.05) is 18.8 Å². The first-order valence-electron chi connectivity index (χ1n) is 4.60. The largest absolute Gasteiger partial charge is 0.319 e. The SMILES string of the molecule is CNCC1CCc2nn(C)c(Br)c21. The molecule has 0 saturated heterocycles. The van der Waals surface area contributed by atoms with Gasteiger partial charge in [-0.1, -0.05) is 0 Å². The lowest BCUT2D eigenvalue weighted by atomic mass is 10.1. The van der Waals surface area contributed by atoms with Gasteiger partial charge in [0, 0.05) is 25.1 Å². The van der Waals surface area contributed by atoms with Crippen LogP contribution in [0.2, 0.25) is 0 Å². The smallest absolute Gasteiger partial charge is 0.107 e. The summed E-state index contributed by atoms with van der Waals surface area (Å²) in [5.41, 5.74) is 2.69. The van der Waals surface area contributed by atoms with Gasteiger partial charge in [-0.3, -0.25) is 4.68 Å². The highest BCUT2D eigenvalue weighted by Gasteiger charge is 2.28. The lowest BCUT2D eigenvalue weighted by Gasteiger charge is -2.09. The van der Waals surface area contributed by atoms with Gasteiger partial charge < -0.3 is 5.32 Å². The van der Waals surface area contributed by atoms with Crippen molar-refractivity contribution in [3.05, 3.63) is 15.9 Å². The van der Waals surface area contributed by atoms with Crippen molar-refractivity contribution in [2.75, 3.05) is 13.6 Å². The predicted octanol–water partition coefficient (Wildman–Crippen LogP) is 1.43. The summed E-state index contributed by atoms with van der Waals surface area (Å²) < 4.78 is 3.08. The lowest BCUT2D eigenvalue weighted by molar-refractivity contribution is 0.605. The number of nitrogens with zero attached hydrogens (tertiary/aromatic N) is 2. The zero-order chi connectivity index (χ0) is 9.42. The molecule has 13 heavy (non-hydrogen) atoms. The summed E-state index contributed by atoms with van der Waals surface area (Å²) in [4.78, 5) is 0. The Morgan fingerprint density at radius 1 is 1.69 bits per heavy atom. The van der Waals surface area contributed by atoms with Crippen LogP contribution in [0.5, 0.6) is 0 Å². The molecule has 1 aromatic heterocycles. The predicted molar refractivity (Wildman–Crippen MR) is 55.9 cm³/mol. The van der Waals surface area contributed by atoms with Gasteiger partial charge in [0.2, 0.25) is 0 Å². The molecular weight excluding hydrogens is 230 g/mol. The Hall–Kier alpha value is -0.350. The maximum Gasteiger partial charge on any atom is 0.107 e. The Bertz CT molecular complexity index is 319. The second kappa shape index (κ2) is 3.42. The number of aromatic nitrogens is 2. The minimum atomic E-state index is 0.642. The summed E-state index contributed by atoms with van der Waals surface area (Å²) in [5.74, 6) is 0.642. The van der Waals surface area contributed by atoms with Crippen molar-refractivity contribution in [1.82, 2.24) is 15.1 Å². The average molecular weight is 244 g/mol. The van der Waals surface area contributed by atoms with Gasteiger partial charge in [-0.05, 0) is 35.8 Å². The number of nitrogens with one attached hydrogen (secondary N) is 1. The molecule has 0 saturated carbocycles. The minimum absolute atomic E-state index is 0.642. The first-order chi connectivity index (χ1) is 6.24. The number of halogens is 1. The second-order valence-electron chi connectivity index (χ2n) is 3.57. The zero-order valence-corrected chi connectivity index (χ0v) is 9.56. The molecule has 1 N–H and O–H groups in total. The molecule has 1 aliphatic carbocycles. The van der Waals surface area contributed by atoms with Crippen molar-refractivity contribution in [3.63, 3.8) is 0 Å². The molecule has 1 aliphatic rings. The van der Waals surface area contributed by atoms with Crippen LogP contribution < -0.4 is 5.32 Å². The maximum absolute atomic E-state index is 4.47. The molecule has 0 spiro atoms. The molecule has 72 valence electrons. The van der Waals surface area contributed by atoms with Gasteiger partial charge in [-0.2, -0.15) is 5.10 Å². The third-order valence-corrected chi connectivity index (χ3v) is 3.62. The van der Waals surface area contributed by atoms with Crippen LogP contribution in [0.3, 0.4) is 0 Å². The molecule has 3 nitrogen and oxygen atoms in total. The van der Waals surface area contributed by atoms with E-state index in [0.717, 1.165) is 17.6 Å². The van der Waals surface area contributed by atoms with Crippen molar-refractivity contribution in [3.8, 4) is 0 Å². The number of hydrogen-bond acceptors (Lipinski definition) is 2. The van der Waals surface area contributed by atoms with Crippen molar-refractivity contribution in [2.45, 2.75) is 18.8 Å². The first kappa shape index (κ1) is 9.21. The number of fused-ring (bicyclic) bond motifs is 1. The highest BCUT2D eigenvalue weighted by Crippen LogP contribution is 2.36. The van der Waals surface area contributed by atoms with Crippen LogP contribution >= 0.6 is 15.9 Å². The van der Waals surface area contributed by atoms with Crippen LogP contribution in [0.15, 0.2) is 4.60 Å². The van der Waals surface area contributed by atoms with E-state index in [4.69, 9.17) is 0 Å². The molecule has 1 aromatic rings. The lowest BCUT2D eigenvalue weighted by Crippen LogP contribution is -2.15. The Labute approximate surface area is 86.6 Å². The fraction of sp³-hybridized carbons (Fsp3) is 0.667. The van der Waals surface area contributed by atoms with Crippen molar-refractivity contribution < 1.29 is 0 Å². The van der Waals surface area contributed by atoms with Gasteiger partial charge in [0.1, 0.15) is 4.60 Å². The molecule has 0 aliphatic heterocycles. The second-order valence-corrected chi connectivity index (χ2v) is 4.32. The first-order valence-corrected chi connectivity index (χ1v) is 5.39. The average Bonchev–Trinajstić information content (AvgIpc) is 2.58.